The molecule has 1 saturated heterocycles. The van der Waals surface area contributed by atoms with E-state index in [0.29, 0.717) is 11.3 Å². The average molecular weight is 442 g/mol. The van der Waals surface area contributed by atoms with Gasteiger partial charge in [0.1, 0.15) is 30.5 Å². The lowest BCUT2D eigenvalue weighted by molar-refractivity contribution is -0.155. The van der Waals surface area contributed by atoms with Gasteiger partial charge in [0, 0.05) is 11.8 Å². The molecule has 4 rings (SSSR count). The van der Waals surface area contributed by atoms with Crippen LogP contribution in [0.25, 0.3) is 0 Å². The van der Waals surface area contributed by atoms with Gasteiger partial charge in [0.15, 0.2) is 6.04 Å². The fraction of sp³-hybridized carbons (Fsp3) is 0.455. The fourth-order valence-corrected chi connectivity index (χ4v) is 3.91. The number of hydroxylamine groups is 2. The van der Waals surface area contributed by atoms with Crippen molar-refractivity contribution in [2.75, 3.05) is 13.7 Å². The quantitative estimate of drug-likeness (QED) is 0.633. The molecule has 10 nitrogen and oxygen atoms in total. The summed E-state index contributed by atoms with van der Waals surface area (Å²) in [5.41, 5.74) is 1.29. The van der Waals surface area contributed by atoms with Gasteiger partial charge in [-0.05, 0) is 26.3 Å². The third-order valence-corrected chi connectivity index (χ3v) is 5.19. The van der Waals surface area contributed by atoms with Crippen LogP contribution < -0.4 is 0 Å². The molecular weight excluding hydrogens is 416 g/mol. The van der Waals surface area contributed by atoms with Crippen molar-refractivity contribution in [2.45, 2.75) is 51.6 Å². The highest BCUT2D eigenvalue weighted by Gasteiger charge is 2.53. The zero-order valence-corrected chi connectivity index (χ0v) is 18.5. The van der Waals surface area contributed by atoms with Crippen LogP contribution in [0.5, 0.6) is 0 Å². The first-order valence-electron chi connectivity index (χ1n) is 10.3. The summed E-state index contributed by atoms with van der Waals surface area (Å²) in [5.74, 6) is -1.06. The largest absolute Gasteiger partial charge is 0.467 e. The van der Waals surface area contributed by atoms with E-state index in [0.717, 1.165) is 5.56 Å². The second-order valence-electron chi connectivity index (χ2n) is 8.71. The number of carbonyl (C=O) groups excluding carboxylic acids is 3. The number of ether oxygens (including phenoxy) is 2. The maximum Gasteiger partial charge on any atom is 0.345 e. The van der Waals surface area contributed by atoms with Crippen molar-refractivity contribution in [1.82, 2.24) is 19.7 Å². The Balaban J connectivity index is 1.61. The molecule has 1 fully saturated rings. The van der Waals surface area contributed by atoms with Crippen LogP contribution >= 0.6 is 0 Å². The van der Waals surface area contributed by atoms with Crippen molar-refractivity contribution in [3.63, 3.8) is 0 Å². The Kier molecular flexibility index (Phi) is 5.64. The van der Waals surface area contributed by atoms with Gasteiger partial charge >= 0.3 is 18.0 Å². The summed E-state index contributed by atoms with van der Waals surface area (Å²) in [6.45, 7) is 5.67. The van der Waals surface area contributed by atoms with Gasteiger partial charge in [0.05, 0.1) is 13.7 Å². The number of esters is 2. The molecule has 170 valence electrons. The summed E-state index contributed by atoms with van der Waals surface area (Å²) >= 11 is 0. The van der Waals surface area contributed by atoms with Crippen LogP contribution in [-0.4, -0.2) is 57.0 Å². The molecule has 0 saturated carbocycles. The molecule has 3 heterocycles. The van der Waals surface area contributed by atoms with Gasteiger partial charge in [-0.3, -0.25) is 14.3 Å². The first-order chi connectivity index (χ1) is 15.2. The lowest BCUT2D eigenvalue weighted by Gasteiger charge is -2.27. The summed E-state index contributed by atoms with van der Waals surface area (Å²) in [6.07, 6.45) is 1.66. The van der Waals surface area contributed by atoms with E-state index in [4.69, 9.17) is 14.3 Å². The first-order valence-corrected chi connectivity index (χ1v) is 10.3. The normalized spacial score (nSPS) is 19.7. The van der Waals surface area contributed by atoms with Crippen LogP contribution in [0.3, 0.4) is 0 Å². The SMILES string of the molecule is COC(=O)[C@@H]1c2nn(CC(=O)OC(C)(C)C)cc2[C@@H]2CN1C(=O)N2OCc1ccccc1. The highest BCUT2D eigenvalue weighted by Crippen LogP contribution is 2.44. The number of benzene rings is 1. The van der Waals surface area contributed by atoms with Gasteiger partial charge in [-0.25, -0.2) is 9.59 Å². The Labute approximate surface area is 185 Å². The topological polar surface area (TPSA) is 103 Å². The van der Waals surface area contributed by atoms with E-state index in [1.807, 2.05) is 30.3 Å². The van der Waals surface area contributed by atoms with Crippen LogP contribution in [0, 0.1) is 0 Å². The zero-order valence-electron chi connectivity index (χ0n) is 18.5. The van der Waals surface area contributed by atoms with Crippen molar-refractivity contribution in [2.24, 2.45) is 0 Å². The number of hydrogen-bond donors (Lipinski definition) is 0. The van der Waals surface area contributed by atoms with Crippen molar-refractivity contribution in [1.29, 1.82) is 0 Å². The predicted octanol–water partition coefficient (Wildman–Crippen LogP) is 2.36. The number of urea groups is 1. The van der Waals surface area contributed by atoms with Crippen LogP contribution in [0.1, 0.15) is 49.7 Å². The molecule has 1 aromatic heterocycles. The molecule has 2 amide bonds. The van der Waals surface area contributed by atoms with Gasteiger partial charge in [-0.15, -0.1) is 0 Å². The Morgan fingerprint density at radius 3 is 2.56 bits per heavy atom. The number of fused-ring (bicyclic) bond motifs is 4. The number of nitrogens with zero attached hydrogens (tertiary/aromatic N) is 4. The first kappa shape index (κ1) is 21.8. The Morgan fingerprint density at radius 1 is 1.19 bits per heavy atom. The van der Waals surface area contributed by atoms with Gasteiger partial charge < -0.3 is 14.4 Å². The van der Waals surface area contributed by atoms with E-state index in [9.17, 15) is 14.4 Å². The third kappa shape index (κ3) is 4.18. The van der Waals surface area contributed by atoms with Crippen molar-refractivity contribution >= 4 is 18.0 Å². The Hall–Kier alpha value is -3.40. The molecule has 2 aromatic rings. The van der Waals surface area contributed by atoms with Gasteiger partial charge in [0.2, 0.25) is 0 Å². The number of methoxy groups -OCH3 is 1. The van der Waals surface area contributed by atoms with E-state index >= 15 is 0 Å². The number of carbonyl (C=O) groups is 3. The predicted molar refractivity (Wildman–Crippen MR) is 111 cm³/mol. The number of rotatable bonds is 6. The minimum absolute atomic E-state index is 0.121. The summed E-state index contributed by atoms with van der Waals surface area (Å²) in [4.78, 5) is 45.1. The minimum Gasteiger partial charge on any atom is -0.467 e. The van der Waals surface area contributed by atoms with Gasteiger partial charge in [-0.2, -0.15) is 10.2 Å². The van der Waals surface area contributed by atoms with Crippen LogP contribution in [-0.2, 0) is 37.1 Å². The molecule has 32 heavy (non-hydrogen) atoms. The average Bonchev–Trinajstić information content (AvgIpc) is 3.26. The molecular formula is C22H26N4O6. The summed E-state index contributed by atoms with van der Waals surface area (Å²) in [6, 6.07) is 7.56. The molecule has 0 radical (unpaired) electrons. The monoisotopic (exact) mass is 442 g/mol. The van der Waals surface area contributed by atoms with Crippen LogP contribution in [0.15, 0.2) is 36.5 Å². The second kappa shape index (κ2) is 8.27. The van der Waals surface area contributed by atoms with E-state index in [2.05, 4.69) is 5.10 Å². The molecule has 0 aliphatic carbocycles. The fourth-order valence-electron chi connectivity index (χ4n) is 3.91. The molecule has 2 aliphatic heterocycles. The van der Waals surface area contributed by atoms with E-state index < -0.39 is 35.7 Å². The molecule has 10 heteroatoms. The Morgan fingerprint density at radius 2 is 1.91 bits per heavy atom. The molecule has 2 atom stereocenters. The van der Waals surface area contributed by atoms with Crippen molar-refractivity contribution in [3.05, 3.63) is 53.3 Å². The molecule has 2 aliphatic rings. The highest BCUT2D eigenvalue weighted by molar-refractivity contribution is 5.87. The maximum absolute atomic E-state index is 13.0. The van der Waals surface area contributed by atoms with Crippen molar-refractivity contribution < 1.29 is 28.7 Å². The lowest BCUT2D eigenvalue weighted by atomic mass is 9.98. The molecule has 1 aromatic carbocycles. The minimum atomic E-state index is -1.01. The zero-order chi connectivity index (χ0) is 23.0. The smallest absolute Gasteiger partial charge is 0.345 e. The van der Waals surface area contributed by atoms with Crippen molar-refractivity contribution in [3.8, 4) is 0 Å². The third-order valence-electron chi connectivity index (χ3n) is 5.19. The van der Waals surface area contributed by atoms with Gasteiger partial charge in [-0.1, -0.05) is 30.3 Å². The lowest BCUT2D eigenvalue weighted by Crippen LogP contribution is -2.39. The molecule has 0 unspecified atom stereocenters. The number of amides is 2. The second-order valence-corrected chi connectivity index (χ2v) is 8.71. The maximum atomic E-state index is 13.0. The summed E-state index contributed by atoms with van der Waals surface area (Å²) in [7, 11) is 1.26. The van der Waals surface area contributed by atoms with Crippen LogP contribution in [0.4, 0.5) is 4.79 Å². The van der Waals surface area contributed by atoms with E-state index in [-0.39, 0.29) is 19.7 Å². The summed E-state index contributed by atoms with van der Waals surface area (Å²) < 4.78 is 11.7. The molecule has 0 N–H and O–H groups in total. The summed E-state index contributed by atoms with van der Waals surface area (Å²) in [5, 5.41) is 5.71. The van der Waals surface area contributed by atoms with E-state index in [1.54, 1.807) is 27.0 Å². The highest BCUT2D eigenvalue weighted by atomic mass is 16.7. The van der Waals surface area contributed by atoms with E-state index in [1.165, 1.54) is 21.8 Å². The molecule has 2 bridgehead atoms. The number of hydrogen-bond acceptors (Lipinski definition) is 7. The number of aromatic nitrogens is 2. The molecule has 0 spiro atoms. The standard InChI is InChI=1S/C22H26N4O6/c1-22(2,3)32-17(27)12-24-10-15-16-11-25(19(18(15)23-24)20(28)30-4)21(29)26(16)31-13-14-8-6-5-7-9-14/h5-10,16,19H,11-13H2,1-4H3/t16-,19-/m0/s1. The van der Waals surface area contributed by atoms with Gasteiger partial charge in [0.25, 0.3) is 0 Å². The van der Waals surface area contributed by atoms with Crippen LogP contribution in [0.2, 0.25) is 0 Å². The Bertz CT molecular complexity index is 1030.